The Kier molecular flexibility index (Phi) is 6.39. The van der Waals surface area contributed by atoms with E-state index in [0.29, 0.717) is 5.56 Å². The van der Waals surface area contributed by atoms with E-state index >= 15 is 0 Å². The summed E-state index contributed by atoms with van der Waals surface area (Å²) in [5, 5.41) is 26.1. The molecule has 27 heavy (non-hydrogen) atoms. The SMILES string of the molecule is O=C(CC(=O)Nc1ccc([N+](=O)[O-])c(Cl)c1)NCc1ccc([N+](=O)[O-])cc1. The van der Waals surface area contributed by atoms with E-state index in [1.165, 1.54) is 36.4 Å². The molecule has 0 radical (unpaired) electrons. The monoisotopic (exact) mass is 392 g/mol. The van der Waals surface area contributed by atoms with Gasteiger partial charge >= 0.3 is 0 Å². The molecular weight excluding hydrogens is 380 g/mol. The van der Waals surface area contributed by atoms with Gasteiger partial charge in [0.05, 0.1) is 9.85 Å². The quantitative estimate of drug-likeness (QED) is 0.421. The Hall–Kier alpha value is -3.53. The van der Waals surface area contributed by atoms with Crippen LogP contribution in [0, 0.1) is 20.2 Å². The summed E-state index contributed by atoms with van der Waals surface area (Å²) in [5.41, 5.74) is 0.497. The minimum Gasteiger partial charge on any atom is -0.352 e. The average molecular weight is 393 g/mol. The topological polar surface area (TPSA) is 144 Å². The molecule has 2 rings (SSSR count). The Morgan fingerprint density at radius 3 is 2.19 bits per heavy atom. The molecule has 0 heterocycles. The second kappa shape index (κ2) is 8.72. The number of rotatable bonds is 7. The predicted octanol–water partition coefficient (Wildman–Crippen LogP) is 2.80. The lowest BCUT2D eigenvalue weighted by atomic mass is 10.2. The van der Waals surface area contributed by atoms with E-state index < -0.39 is 28.1 Å². The molecule has 0 aliphatic carbocycles. The van der Waals surface area contributed by atoms with E-state index in [2.05, 4.69) is 10.6 Å². The van der Waals surface area contributed by atoms with Crippen LogP contribution in [0.5, 0.6) is 0 Å². The van der Waals surface area contributed by atoms with Crippen LogP contribution in [-0.2, 0) is 16.1 Å². The lowest BCUT2D eigenvalue weighted by Crippen LogP contribution is -2.27. The Morgan fingerprint density at radius 1 is 0.963 bits per heavy atom. The number of amides is 2. The minimum absolute atomic E-state index is 0.0637. The van der Waals surface area contributed by atoms with Crippen molar-refractivity contribution in [2.75, 3.05) is 5.32 Å². The molecule has 140 valence electrons. The van der Waals surface area contributed by atoms with Crippen LogP contribution in [0.15, 0.2) is 42.5 Å². The highest BCUT2D eigenvalue weighted by molar-refractivity contribution is 6.33. The lowest BCUT2D eigenvalue weighted by Gasteiger charge is -2.07. The Morgan fingerprint density at radius 2 is 1.63 bits per heavy atom. The molecule has 0 aliphatic heterocycles. The first kappa shape index (κ1) is 19.8. The van der Waals surface area contributed by atoms with E-state index in [1.54, 1.807) is 0 Å². The highest BCUT2D eigenvalue weighted by atomic mass is 35.5. The van der Waals surface area contributed by atoms with Gasteiger partial charge in [-0.05, 0) is 17.7 Å². The molecule has 0 unspecified atom stereocenters. The van der Waals surface area contributed by atoms with Gasteiger partial charge in [0.15, 0.2) is 0 Å². The third kappa shape index (κ3) is 5.75. The van der Waals surface area contributed by atoms with Gasteiger partial charge in [0.1, 0.15) is 11.4 Å². The Labute approximate surface area is 157 Å². The Balaban J connectivity index is 1.84. The first-order valence-corrected chi connectivity index (χ1v) is 7.88. The van der Waals surface area contributed by atoms with Crippen LogP contribution in [0.1, 0.15) is 12.0 Å². The van der Waals surface area contributed by atoms with Gasteiger partial charge in [0, 0.05) is 30.4 Å². The number of non-ortho nitro benzene ring substituents is 1. The maximum Gasteiger partial charge on any atom is 0.288 e. The molecule has 0 aromatic heterocycles. The number of halogens is 1. The molecule has 0 bridgehead atoms. The van der Waals surface area contributed by atoms with Crippen molar-refractivity contribution in [2.24, 2.45) is 0 Å². The molecule has 0 aliphatic rings. The third-order valence-corrected chi connectivity index (χ3v) is 3.69. The number of nitro benzene ring substituents is 2. The fourth-order valence-corrected chi connectivity index (χ4v) is 2.33. The van der Waals surface area contributed by atoms with Crippen LogP contribution in [0.4, 0.5) is 17.1 Å². The fourth-order valence-electron chi connectivity index (χ4n) is 2.08. The van der Waals surface area contributed by atoms with E-state index in [0.717, 1.165) is 6.07 Å². The molecule has 2 amide bonds. The number of nitro groups is 2. The van der Waals surface area contributed by atoms with Crippen molar-refractivity contribution < 1.29 is 19.4 Å². The summed E-state index contributed by atoms with van der Waals surface area (Å²) < 4.78 is 0. The zero-order chi connectivity index (χ0) is 20.0. The summed E-state index contributed by atoms with van der Waals surface area (Å²) >= 11 is 5.75. The normalized spacial score (nSPS) is 10.1. The fraction of sp³-hybridized carbons (Fsp3) is 0.125. The maximum atomic E-state index is 11.9. The summed E-state index contributed by atoms with van der Waals surface area (Å²) in [6.45, 7) is 0.105. The van der Waals surface area contributed by atoms with Gasteiger partial charge in [-0.2, -0.15) is 0 Å². The van der Waals surface area contributed by atoms with Crippen LogP contribution in [-0.4, -0.2) is 21.7 Å². The van der Waals surface area contributed by atoms with Crippen LogP contribution in [0.3, 0.4) is 0 Å². The molecule has 2 aromatic rings. The van der Waals surface area contributed by atoms with E-state index in [-0.39, 0.29) is 28.6 Å². The molecule has 0 atom stereocenters. The summed E-state index contributed by atoms with van der Waals surface area (Å²) in [5.74, 6) is -1.18. The summed E-state index contributed by atoms with van der Waals surface area (Å²) in [4.78, 5) is 43.7. The summed E-state index contributed by atoms with van der Waals surface area (Å²) in [7, 11) is 0. The van der Waals surface area contributed by atoms with Crippen molar-refractivity contribution in [1.82, 2.24) is 5.32 Å². The first-order chi connectivity index (χ1) is 12.8. The number of hydrogen-bond acceptors (Lipinski definition) is 6. The second-order valence-electron chi connectivity index (χ2n) is 5.35. The second-order valence-corrected chi connectivity index (χ2v) is 5.76. The molecule has 0 saturated carbocycles. The molecule has 2 N–H and O–H groups in total. The van der Waals surface area contributed by atoms with Crippen LogP contribution >= 0.6 is 11.6 Å². The predicted molar refractivity (Wildman–Crippen MR) is 96.3 cm³/mol. The minimum atomic E-state index is -0.653. The largest absolute Gasteiger partial charge is 0.352 e. The summed E-state index contributed by atoms with van der Waals surface area (Å²) in [6, 6.07) is 9.28. The van der Waals surface area contributed by atoms with Gasteiger partial charge < -0.3 is 10.6 Å². The standard InChI is InChI=1S/C16H13ClN4O6/c17-13-7-11(3-6-14(13)21(26)27)19-16(23)8-15(22)18-9-10-1-4-12(5-2-10)20(24)25/h1-7H,8-9H2,(H,18,22)(H,19,23). The molecule has 11 heteroatoms. The van der Waals surface area contributed by atoms with Gasteiger partial charge in [0.2, 0.25) is 11.8 Å². The van der Waals surface area contributed by atoms with E-state index in [1.807, 2.05) is 0 Å². The number of hydrogen-bond donors (Lipinski definition) is 2. The van der Waals surface area contributed by atoms with Crippen molar-refractivity contribution in [3.05, 3.63) is 73.3 Å². The van der Waals surface area contributed by atoms with Crippen LogP contribution < -0.4 is 10.6 Å². The van der Waals surface area contributed by atoms with Gasteiger partial charge in [0.25, 0.3) is 11.4 Å². The molecule has 2 aromatic carbocycles. The van der Waals surface area contributed by atoms with Crippen LogP contribution in [0.2, 0.25) is 5.02 Å². The maximum absolute atomic E-state index is 11.9. The van der Waals surface area contributed by atoms with E-state index in [4.69, 9.17) is 11.6 Å². The van der Waals surface area contributed by atoms with Gasteiger partial charge in [-0.1, -0.05) is 23.7 Å². The number of nitrogens with zero attached hydrogens (tertiary/aromatic N) is 2. The van der Waals surface area contributed by atoms with E-state index in [9.17, 15) is 29.8 Å². The van der Waals surface area contributed by atoms with Crippen molar-refractivity contribution in [2.45, 2.75) is 13.0 Å². The van der Waals surface area contributed by atoms with Crippen molar-refractivity contribution >= 4 is 40.5 Å². The first-order valence-electron chi connectivity index (χ1n) is 7.50. The van der Waals surface area contributed by atoms with Gasteiger partial charge in [-0.3, -0.25) is 29.8 Å². The third-order valence-electron chi connectivity index (χ3n) is 3.39. The highest BCUT2D eigenvalue weighted by Crippen LogP contribution is 2.27. The average Bonchev–Trinajstić information content (AvgIpc) is 2.60. The smallest absolute Gasteiger partial charge is 0.288 e. The number of anilines is 1. The number of nitrogens with one attached hydrogen (secondary N) is 2. The number of carbonyl (C=O) groups excluding carboxylic acids is 2. The molecule has 10 nitrogen and oxygen atoms in total. The van der Waals surface area contributed by atoms with Crippen molar-refractivity contribution in [3.8, 4) is 0 Å². The summed E-state index contributed by atoms with van der Waals surface area (Å²) in [6.07, 6.45) is -0.471. The van der Waals surface area contributed by atoms with Crippen molar-refractivity contribution in [3.63, 3.8) is 0 Å². The van der Waals surface area contributed by atoms with Crippen LogP contribution in [0.25, 0.3) is 0 Å². The highest BCUT2D eigenvalue weighted by Gasteiger charge is 2.14. The molecule has 0 fully saturated rings. The molecule has 0 saturated heterocycles. The van der Waals surface area contributed by atoms with Gasteiger partial charge in [-0.25, -0.2) is 0 Å². The zero-order valence-corrected chi connectivity index (χ0v) is 14.4. The number of benzene rings is 2. The Bertz CT molecular complexity index is 900. The number of carbonyl (C=O) groups is 2. The molecular formula is C16H13ClN4O6. The lowest BCUT2D eigenvalue weighted by molar-refractivity contribution is -0.385. The van der Waals surface area contributed by atoms with Gasteiger partial charge in [-0.15, -0.1) is 0 Å². The van der Waals surface area contributed by atoms with Crippen molar-refractivity contribution in [1.29, 1.82) is 0 Å². The molecule has 0 spiro atoms. The zero-order valence-electron chi connectivity index (χ0n) is 13.7.